The molecule has 1 unspecified atom stereocenters. The summed E-state index contributed by atoms with van der Waals surface area (Å²) in [7, 11) is 0. The number of carbonyl (C=O) groups excluding carboxylic acids is 2. The van der Waals surface area contributed by atoms with Crippen molar-refractivity contribution < 1.29 is 14.0 Å². The van der Waals surface area contributed by atoms with Gasteiger partial charge in [-0.25, -0.2) is 4.39 Å². The molecule has 0 aromatic heterocycles. The highest BCUT2D eigenvalue weighted by Gasteiger charge is 2.28. The molecule has 2 amide bonds. The summed E-state index contributed by atoms with van der Waals surface area (Å²) in [4.78, 5) is 27.0. The van der Waals surface area contributed by atoms with Gasteiger partial charge in [0.1, 0.15) is 5.82 Å². The second-order valence-electron chi connectivity index (χ2n) is 7.52. The number of nitrogens with zero attached hydrogens (tertiary/aromatic N) is 1. The number of hydrogen-bond donors (Lipinski definition) is 1. The van der Waals surface area contributed by atoms with Crippen molar-refractivity contribution in [1.82, 2.24) is 10.2 Å². The van der Waals surface area contributed by atoms with Crippen molar-refractivity contribution in [2.24, 2.45) is 5.92 Å². The molecule has 0 bridgehead atoms. The van der Waals surface area contributed by atoms with Gasteiger partial charge in [-0.2, -0.15) is 0 Å². The lowest BCUT2D eigenvalue weighted by Crippen LogP contribution is -2.37. The second-order valence-corrected chi connectivity index (χ2v) is 7.52. The monoisotopic (exact) mass is 402 g/mol. The van der Waals surface area contributed by atoms with E-state index in [1.807, 2.05) is 30.3 Å². The predicted octanol–water partition coefficient (Wildman–Crippen LogP) is 3.92. The molecule has 1 aliphatic rings. The molecule has 0 radical (unpaired) electrons. The van der Waals surface area contributed by atoms with Crippen molar-refractivity contribution in [3.05, 3.63) is 95.8 Å². The van der Waals surface area contributed by atoms with Gasteiger partial charge in [-0.3, -0.25) is 9.59 Å². The van der Waals surface area contributed by atoms with Crippen LogP contribution in [0.3, 0.4) is 0 Å². The quantitative estimate of drug-likeness (QED) is 0.719. The van der Waals surface area contributed by atoms with E-state index >= 15 is 0 Å². The summed E-state index contributed by atoms with van der Waals surface area (Å²) in [6.45, 7) is 1.11. The molecule has 152 valence electrons. The average Bonchev–Trinajstić information content (AvgIpc) is 2.96. The second kappa shape index (κ2) is 8.91. The number of rotatable bonds is 4. The minimum Gasteiger partial charge on any atom is -0.354 e. The fraction of sp³-hybridized carbons (Fsp3) is 0.200. The highest BCUT2D eigenvalue weighted by molar-refractivity contribution is 5.95. The molecular weight excluding hydrogens is 379 g/mol. The van der Waals surface area contributed by atoms with Crippen LogP contribution in [0.2, 0.25) is 0 Å². The molecule has 1 heterocycles. The van der Waals surface area contributed by atoms with Gasteiger partial charge >= 0.3 is 0 Å². The maximum atomic E-state index is 13.5. The Morgan fingerprint density at radius 2 is 1.70 bits per heavy atom. The van der Waals surface area contributed by atoms with Crippen LogP contribution < -0.4 is 5.32 Å². The van der Waals surface area contributed by atoms with Gasteiger partial charge in [0, 0.05) is 25.2 Å². The van der Waals surface area contributed by atoms with Gasteiger partial charge in [0.05, 0.1) is 5.92 Å². The highest BCUT2D eigenvalue weighted by atomic mass is 19.1. The number of carbonyl (C=O) groups is 2. The summed E-state index contributed by atoms with van der Waals surface area (Å²) < 4.78 is 13.5. The minimum atomic E-state index is -0.445. The molecule has 3 aromatic rings. The lowest BCUT2D eigenvalue weighted by atomic mass is 9.96. The van der Waals surface area contributed by atoms with Gasteiger partial charge in [-0.15, -0.1) is 0 Å². The normalized spacial score (nSPS) is 16.6. The van der Waals surface area contributed by atoms with E-state index in [4.69, 9.17) is 0 Å². The van der Waals surface area contributed by atoms with Crippen molar-refractivity contribution in [1.29, 1.82) is 0 Å². The summed E-state index contributed by atoms with van der Waals surface area (Å²) >= 11 is 0. The Kier molecular flexibility index (Phi) is 5.89. The minimum absolute atomic E-state index is 0.0586. The Balaban J connectivity index is 1.48. The molecule has 1 fully saturated rings. The van der Waals surface area contributed by atoms with Crippen LogP contribution in [-0.4, -0.2) is 36.3 Å². The molecule has 0 spiro atoms. The van der Waals surface area contributed by atoms with Crippen LogP contribution in [0.15, 0.2) is 78.9 Å². The average molecular weight is 402 g/mol. The van der Waals surface area contributed by atoms with Gasteiger partial charge in [0.15, 0.2) is 0 Å². The number of benzene rings is 3. The molecular formula is C25H23FN2O2. The largest absolute Gasteiger partial charge is 0.354 e. The Labute approximate surface area is 175 Å². The van der Waals surface area contributed by atoms with Crippen LogP contribution in [0.1, 0.15) is 15.9 Å². The first-order chi connectivity index (χ1) is 14.6. The zero-order valence-electron chi connectivity index (χ0n) is 16.6. The number of halogens is 1. The SMILES string of the molecule is O=C1NCCN(C(=O)c2cccc(F)c2)CC1Cc1ccc(-c2ccccc2)cc1. The van der Waals surface area contributed by atoms with Crippen molar-refractivity contribution in [3.8, 4) is 11.1 Å². The van der Waals surface area contributed by atoms with E-state index in [2.05, 4.69) is 29.6 Å². The van der Waals surface area contributed by atoms with Gasteiger partial charge in [0.2, 0.25) is 5.91 Å². The van der Waals surface area contributed by atoms with Gasteiger partial charge < -0.3 is 10.2 Å². The van der Waals surface area contributed by atoms with Crippen molar-refractivity contribution >= 4 is 11.8 Å². The first-order valence-electron chi connectivity index (χ1n) is 10.1. The van der Waals surface area contributed by atoms with E-state index in [1.54, 1.807) is 11.0 Å². The number of amides is 2. The van der Waals surface area contributed by atoms with E-state index in [-0.39, 0.29) is 17.7 Å². The molecule has 1 aliphatic heterocycles. The third-order valence-corrected chi connectivity index (χ3v) is 5.39. The Hall–Kier alpha value is -3.47. The number of nitrogens with one attached hydrogen (secondary N) is 1. The van der Waals surface area contributed by atoms with Crippen molar-refractivity contribution in [2.45, 2.75) is 6.42 Å². The maximum absolute atomic E-state index is 13.5. The lowest BCUT2D eigenvalue weighted by Gasteiger charge is -2.23. The first kappa shape index (κ1) is 19.8. The summed E-state index contributed by atoms with van der Waals surface area (Å²) in [6, 6.07) is 23.9. The summed E-state index contributed by atoms with van der Waals surface area (Å²) in [6.07, 6.45) is 0.536. The third kappa shape index (κ3) is 4.57. The Morgan fingerprint density at radius 1 is 0.967 bits per heavy atom. The molecule has 4 rings (SSSR count). The van der Waals surface area contributed by atoms with Crippen LogP contribution in [-0.2, 0) is 11.2 Å². The van der Waals surface area contributed by atoms with E-state index < -0.39 is 5.82 Å². The first-order valence-corrected chi connectivity index (χ1v) is 10.1. The fourth-order valence-corrected chi connectivity index (χ4v) is 3.79. The third-order valence-electron chi connectivity index (χ3n) is 5.39. The van der Waals surface area contributed by atoms with Crippen LogP contribution in [0.25, 0.3) is 11.1 Å². The highest BCUT2D eigenvalue weighted by Crippen LogP contribution is 2.21. The van der Waals surface area contributed by atoms with E-state index in [0.29, 0.717) is 31.6 Å². The topological polar surface area (TPSA) is 49.4 Å². The van der Waals surface area contributed by atoms with Gasteiger partial charge in [0.25, 0.3) is 5.91 Å². The smallest absolute Gasteiger partial charge is 0.254 e. The zero-order valence-corrected chi connectivity index (χ0v) is 16.6. The van der Waals surface area contributed by atoms with E-state index in [0.717, 1.165) is 16.7 Å². The fourth-order valence-electron chi connectivity index (χ4n) is 3.79. The molecule has 5 heteroatoms. The molecule has 0 saturated carbocycles. The molecule has 1 N–H and O–H groups in total. The molecule has 1 atom stereocenters. The lowest BCUT2D eigenvalue weighted by molar-refractivity contribution is -0.124. The van der Waals surface area contributed by atoms with Crippen LogP contribution in [0.4, 0.5) is 4.39 Å². The van der Waals surface area contributed by atoms with Crippen molar-refractivity contribution in [2.75, 3.05) is 19.6 Å². The summed E-state index contributed by atoms with van der Waals surface area (Å²) in [5.41, 5.74) is 3.60. The molecule has 3 aromatic carbocycles. The zero-order chi connectivity index (χ0) is 20.9. The van der Waals surface area contributed by atoms with Gasteiger partial charge in [-0.1, -0.05) is 60.7 Å². The van der Waals surface area contributed by atoms with Crippen molar-refractivity contribution in [3.63, 3.8) is 0 Å². The van der Waals surface area contributed by atoms with Crippen LogP contribution in [0.5, 0.6) is 0 Å². The molecule has 4 nitrogen and oxygen atoms in total. The van der Waals surface area contributed by atoms with E-state index in [1.165, 1.54) is 18.2 Å². The van der Waals surface area contributed by atoms with Gasteiger partial charge in [-0.05, 0) is 41.3 Å². The Bertz CT molecular complexity index is 1030. The molecule has 0 aliphatic carbocycles. The molecule has 1 saturated heterocycles. The van der Waals surface area contributed by atoms with Crippen LogP contribution >= 0.6 is 0 Å². The summed E-state index contributed by atoms with van der Waals surface area (Å²) in [5.74, 6) is -1.11. The van der Waals surface area contributed by atoms with E-state index in [9.17, 15) is 14.0 Å². The maximum Gasteiger partial charge on any atom is 0.254 e. The van der Waals surface area contributed by atoms with Crippen LogP contribution in [0, 0.1) is 11.7 Å². The standard InChI is InChI=1S/C25H23FN2O2/c26-23-8-4-7-21(16-23)25(30)28-14-13-27-24(29)22(17-28)15-18-9-11-20(12-10-18)19-5-2-1-3-6-19/h1-12,16,22H,13-15,17H2,(H,27,29). The summed E-state index contributed by atoms with van der Waals surface area (Å²) in [5, 5.41) is 2.89. The molecule has 30 heavy (non-hydrogen) atoms. The Morgan fingerprint density at radius 3 is 2.43 bits per heavy atom. The predicted molar refractivity (Wildman–Crippen MR) is 114 cm³/mol. The number of hydrogen-bond acceptors (Lipinski definition) is 2.